The molecule has 0 aliphatic rings. The van der Waals surface area contributed by atoms with Gasteiger partial charge < -0.3 is 15.0 Å². The number of aromatic nitrogens is 1. The van der Waals surface area contributed by atoms with Crippen molar-refractivity contribution in [3.8, 4) is 5.75 Å². The number of benzene rings is 1. The van der Waals surface area contributed by atoms with Crippen molar-refractivity contribution in [3.63, 3.8) is 0 Å². The van der Waals surface area contributed by atoms with Crippen molar-refractivity contribution < 1.29 is 4.74 Å². The third kappa shape index (κ3) is 3.86. The van der Waals surface area contributed by atoms with E-state index in [0.717, 1.165) is 16.6 Å². The van der Waals surface area contributed by atoms with Crippen molar-refractivity contribution in [1.82, 2.24) is 4.57 Å². The zero-order valence-electron chi connectivity index (χ0n) is 10.4. The Balaban J connectivity index is 1.86. The van der Waals surface area contributed by atoms with Crippen LogP contribution in [0.15, 0.2) is 51.9 Å². The molecule has 1 aromatic carbocycles. The van der Waals surface area contributed by atoms with E-state index in [4.69, 9.17) is 10.5 Å². The van der Waals surface area contributed by atoms with E-state index in [9.17, 15) is 4.79 Å². The van der Waals surface area contributed by atoms with Gasteiger partial charge in [0.15, 0.2) is 0 Å². The van der Waals surface area contributed by atoms with Gasteiger partial charge in [-0.15, -0.1) is 0 Å². The van der Waals surface area contributed by atoms with E-state index in [0.29, 0.717) is 18.8 Å². The standard InChI is InChI=1S/C14H15BrN2O2/c15-12-4-1-2-5-13(12)19-9-3-8-17-10-11(16)6-7-14(17)18/h1-2,4-7,10H,3,8-9,16H2. The maximum atomic E-state index is 11.5. The molecular weight excluding hydrogens is 308 g/mol. The third-order valence-corrected chi connectivity index (χ3v) is 3.30. The third-order valence-electron chi connectivity index (χ3n) is 2.64. The first-order valence-electron chi connectivity index (χ1n) is 6.00. The average Bonchev–Trinajstić information content (AvgIpc) is 2.40. The fourth-order valence-electron chi connectivity index (χ4n) is 1.70. The van der Waals surface area contributed by atoms with Crippen LogP contribution in [0.5, 0.6) is 5.75 Å². The minimum absolute atomic E-state index is 0.0462. The fourth-order valence-corrected chi connectivity index (χ4v) is 2.10. The van der Waals surface area contributed by atoms with Crippen molar-refractivity contribution in [2.45, 2.75) is 13.0 Å². The summed E-state index contributed by atoms with van der Waals surface area (Å²) in [7, 11) is 0. The Morgan fingerprint density at radius 1 is 1.21 bits per heavy atom. The molecule has 0 saturated heterocycles. The van der Waals surface area contributed by atoms with Crippen LogP contribution in [0.1, 0.15) is 6.42 Å². The second-order valence-corrected chi connectivity index (χ2v) is 4.98. The number of pyridine rings is 1. The van der Waals surface area contributed by atoms with E-state index in [2.05, 4.69) is 15.9 Å². The molecule has 1 heterocycles. The summed E-state index contributed by atoms with van der Waals surface area (Å²) in [6, 6.07) is 10.8. The molecule has 2 aromatic rings. The Hall–Kier alpha value is -1.75. The molecule has 0 radical (unpaired) electrons. The molecule has 5 heteroatoms. The van der Waals surface area contributed by atoms with Gasteiger partial charge >= 0.3 is 0 Å². The lowest BCUT2D eigenvalue weighted by atomic mass is 10.3. The number of hydrogen-bond acceptors (Lipinski definition) is 3. The van der Waals surface area contributed by atoms with Gasteiger partial charge in [-0.1, -0.05) is 12.1 Å². The first kappa shape index (κ1) is 13.7. The Morgan fingerprint density at radius 2 is 2.00 bits per heavy atom. The Labute approximate surface area is 119 Å². The monoisotopic (exact) mass is 322 g/mol. The largest absolute Gasteiger partial charge is 0.492 e. The lowest BCUT2D eigenvalue weighted by Gasteiger charge is -2.09. The Morgan fingerprint density at radius 3 is 2.79 bits per heavy atom. The number of nitrogens with two attached hydrogens (primary N) is 1. The number of nitrogen functional groups attached to an aromatic ring is 1. The van der Waals surface area contributed by atoms with Crippen LogP contribution < -0.4 is 16.0 Å². The number of anilines is 1. The van der Waals surface area contributed by atoms with Crippen LogP contribution in [-0.2, 0) is 6.54 Å². The molecule has 0 aliphatic heterocycles. The fraction of sp³-hybridized carbons (Fsp3) is 0.214. The maximum absolute atomic E-state index is 11.5. The molecule has 19 heavy (non-hydrogen) atoms. The quantitative estimate of drug-likeness (QED) is 0.861. The molecule has 0 aliphatic carbocycles. The molecule has 2 rings (SSSR count). The van der Waals surface area contributed by atoms with Gasteiger partial charge in [0, 0.05) is 24.5 Å². The van der Waals surface area contributed by atoms with Gasteiger partial charge in [-0.2, -0.15) is 0 Å². The van der Waals surface area contributed by atoms with E-state index in [-0.39, 0.29) is 5.56 Å². The van der Waals surface area contributed by atoms with Crippen LogP contribution in [0, 0.1) is 0 Å². The molecule has 4 nitrogen and oxygen atoms in total. The molecule has 0 amide bonds. The topological polar surface area (TPSA) is 57.2 Å². The molecule has 0 unspecified atom stereocenters. The van der Waals surface area contributed by atoms with Crippen LogP contribution in [0.3, 0.4) is 0 Å². The zero-order chi connectivity index (χ0) is 13.7. The molecule has 0 spiro atoms. The first-order valence-corrected chi connectivity index (χ1v) is 6.79. The summed E-state index contributed by atoms with van der Waals surface area (Å²) in [6.45, 7) is 1.14. The summed E-state index contributed by atoms with van der Waals surface area (Å²) in [5, 5.41) is 0. The second kappa shape index (κ2) is 6.43. The van der Waals surface area contributed by atoms with Gasteiger partial charge in [0.1, 0.15) is 5.75 Å². The van der Waals surface area contributed by atoms with Gasteiger partial charge in [0.05, 0.1) is 11.1 Å². The molecule has 100 valence electrons. The van der Waals surface area contributed by atoms with Gasteiger partial charge in [-0.3, -0.25) is 4.79 Å². The van der Waals surface area contributed by atoms with E-state index >= 15 is 0 Å². The van der Waals surface area contributed by atoms with Crippen LogP contribution in [-0.4, -0.2) is 11.2 Å². The first-order chi connectivity index (χ1) is 9.16. The van der Waals surface area contributed by atoms with Crippen molar-refractivity contribution in [2.75, 3.05) is 12.3 Å². The summed E-state index contributed by atoms with van der Waals surface area (Å²) >= 11 is 3.42. The van der Waals surface area contributed by atoms with Gasteiger partial charge in [0.2, 0.25) is 0 Å². The summed E-state index contributed by atoms with van der Waals surface area (Å²) in [5.41, 5.74) is 6.19. The van der Waals surface area contributed by atoms with Crippen LogP contribution in [0.4, 0.5) is 5.69 Å². The van der Waals surface area contributed by atoms with E-state index in [1.165, 1.54) is 6.07 Å². The number of para-hydroxylation sites is 1. The van der Waals surface area contributed by atoms with Crippen LogP contribution in [0.2, 0.25) is 0 Å². The minimum atomic E-state index is -0.0462. The van der Waals surface area contributed by atoms with E-state index in [1.54, 1.807) is 16.8 Å². The zero-order valence-corrected chi connectivity index (χ0v) is 12.0. The average molecular weight is 323 g/mol. The lowest BCUT2D eigenvalue weighted by molar-refractivity contribution is 0.299. The molecule has 0 saturated carbocycles. The number of aryl methyl sites for hydroxylation is 1. The molecule has 2 N–H and O–H groups in total. The molecule has 1 aromatic heterocycles. The highest BCUT2D eigenvalue weighted by Crippen LogP contribution is 2.23. The number of rotatable bonds is 5. The normalized spacial score (nSPS) is 10.4. The van der Waals surface area contributed by atoms with Crippen LogP contribution >= 0.6 is 15.9 Å². The number of ether oxygens (including phenoxy) is 1. The smallest absolute Gasteiger partial charge is 0.250 e. The van der Waals surface area contributed by atoms with E-state index in [1.807, 2.05) is 24.3 Å². The highest BCUT2D eigenvalue weighted by molar-refractivity contribution is 9.10. The Kier molecular flexibility index (Phi) is 4.63. The highest BCUT2D eigenvalue weighted by atomic mass is 79.9. The Bertz CT molecular complexity index is 610. The van der Waals surface area contributed by atoms with Crippen molar-refractivity contribution in [2.24, 2.45) is 0 Å². The van der Waals surface area contributed by atoms with Crippen molar-refractivity contribution >= 4 is 21.6 Å². The molecule has 0 fully saturated rings. The summed E-state index contributed by atoms with van der Waals surface area (Å²) in [5.74, 6) is 0.808. The van der Waals surface area contributed by atoms with Crippen molar-refractivity contribution in [1.29, 1.82) is 0 Å². The number of nitrogens with zero attached hydrogens (tertiary/aromatic N) is 1. The maximum Gasteiger partial charge on any atom is 0.250 e. The summed E-state index contributed by atoms with van der Waals surface area (Å²) < 4.78 is 8.16. The SMILES string of the molecule is Nc1ccc(=O)n(CCCOc2ccccc2Br)c1. The highest BCUT2D eigenvalue weighted by Gasteiger charge is 2.00. The summed E-state index contributed by atoms with van der Waals surface area (Å²) in [4.78, 5) is 11.5. The predicted octanol–water partition coefficient (Wildman–Crippen LogP) is 2.66. The summed E-state index contributed by atoms with van der Waals surface area (Å²) in [6.07, 6.45) is 2.39. The van der Waals surface area contributed by atoms with Crippen LogP contribution in [0.25, 0.3) is 0 Å². The number of halogens is 1. The van der Waals surface area contributed by atoms with Crippen molar-refractivity contribution in [3.05, 3.63) is 57.4 Å². The minimum Gasteiger partial charge on any atom is -0.492 e. The predicted molar refractivity (Wildman–Crippen MR) is 79.4 cm³/mol. The van der Waals surface area contributed by atoms with Gasteiger partial charge in [0.25, 0.3) is 5.56 Å². The lowest BCUT2D eigenvalue weighted by Crippen LogP contribution is -2.20. The van der Waals surface area contributed by atoms with Gasteiger partial charge in [-0.25, -0.2) is 0 Å². The molecule has 0 bridgehead atoms. The number of hydrogen-bond donors (Lipinski definition) is 1. The second-order valence-electron chi connectivity index (χ2n) is 4.13. The molecular formula is C14H15BrN2O2. The van der Waals surface area contributed by atoms with Gasteiger partial charge in [-0.05, 0) is 40.5 Å². The molecule has 0 atom stereocenters. The van der Waals surface area contributed by atoms with E-state index < -0.39 is 0 Å².